The average Bonchev–Trinajstić information content (AvgIpc) is 3.20. The molecule has 8 nitrogen and oxygen atoms in total. The number of pyridine rings is 1. The van der Waals surface area contributed by atoms with Crippen molar-refractivity contribution in [2.45, 2.75) is 6.92 Å². The van der Waals surface area contributed by atoms with Crippen LogP contribution in [0.4, 0.5) is 5.82 Å². The topological polar surface area (TPSA) is 94.8 Å². The van der Waals surface area contributed by atoms with Gasteiger partial charge in [0.1, 0.15) is 5.75 Å². The van der Waals surface area contributed by atoms with Crippen molar-refractivity contribution in [2.75, 3.05) is 12.4 Å². The molecule has 1 amide bonds. The van der Waals surface area contributed by atoms with Gasteiger partial charge in [0.05, 0.1) is 37.0 Å². The van der Waals surface area contributed by atoms with E-state index in [0.717, 1.165) is 22.3 Å². The largest absolute Gasteiger partial charge is 0.496 e. The van der Waals surface area contributed by atoms with Crippen LogP contribution in [0, 0.1) is 6.92 Å². The summed E-state index contributed by atoms with van der Waals surface area (Å²) < 4.78 is 7.25. The molecule has 0 saturated heterocycles. The van der Waals surface area contributed by atoms with Gasteiger partial charge in [0.15, 0.2) is 5.82 Å². The highest BCUT2D eigenvalue weighted by Crippen LogP contribution is 2.33. The lowest BCUT2D eigenvalue weighted by molar-refractivity contribution is 0.102. The summed E-state index contributed by atoms with van der Waals surface area (Å²) in [5.74, 6) is 0.757. The molecule has 0 aliphatic carbocycles. The SMILES string of the molecule is COc1ccc(-c2cnn(C)c2)cc1-c1cnc(NC(=O)c2cnccc2C)cn1. The fraction of sp³-hybridized carbons (Fsp3) is 0.136. The molecule has 4 aromatic rings. The third-order valence-electron chi connectivity index (χ3n) is 4.69. The molecule has 3 heterocycles. The Kier molecular flexibility index (Phi) is 5.21. The Bertz CT molecular complexity index is 1200. The maximum absolute atomic E-state index is 12.4. The minimum Gasteiger partial charge on any atom is -0.496 e. The van der Waals surface area contributed by atoms with Crippen molar-refractivity contribution in [1.29, 1.82) is 0 Å². The smallest absolute Gasteiger partial charge is 0.258 e. The molecule has 0 aliphatic heterocycles. The van der Waals surface area contributed by atoms with Crippen molar-refractivity contribution in [3.8, 4) is 28.1 Å². The monoisotopic (exact) mass is 400 g/mol. The zero-order chi connectivity index (χ0) is 21.1. The molecule has 0 bridgehead atoms. The first-order valence-corrected chi connectivity index (χ1v) is 9.26. The summed E-state index contributed by atoms with van der Waals surface area (Å²) in [7, 11) is 3.49. The van der Waals surface area contributed by atoms with E-state index in [4.69, 9.17) is 4.74 Å². The summed E-state index contributed by atoms with van der Waals surface area (Å²) in [6, 6.07) is 7.63. The van der Waals surface area contributed by atoms with Gasteiger partial charge >= 0.3 is 0 Å². The lowest BCUT2D eigenvalue weighted by atomic mass is 10.0. The van der Waals surface area contributed by atoms with Gasteiger partial charge in [0, 0.05) is 36.8 Å². The number of ether oxygens (including phenoxy) is 1. The Morgan fingerprint density at radius 3 is 2.60 bits per heavy atom. The van der Waals surface area contributed by atoms with E-state index < -0.39 is 0 Å². The third kappa shape index (κ3) is 3.88. The molecule has 0 aliphatic rings. The van der Waals surface area contributed by atoms with Crippen LogP contribution in [0.5, 0.6) is 5.75 Å². The summed E-state index contributed by atoms with van der Waals surface area (Å²) in [5, 5.41) is 6.97. The van der Waals surface area contributed by atoms with E-state index in [-0.39, 0.29) is 5.91 Å². The number of anilines is 1. The lowest BCUT2D eigenvalue weighted by Crippen LogP contribution is -2.14. The number of aryl methyl sites for hydroxylation is 2. The highest BCUT2D eigenvalue weighted by Gasteiger charge is 2.13. The number of benzene rings is 1. The van der Waals surface area contributed by atoms with Crippen LogP contribution in [0.3, 0.4) is 0 Å². The van der Waals surface area contributed by atoms with Crippen molar-refractivity contribution in [1.82, 2.24) is 24.7 Å². The van der Waals surface area contributed by atoms with Crippen LogP contribution in [0.15, 0.2) is 61.4 Å². The molecule has 150 valence electrons. The molecular weight excluding hydrogens is 380 g/mol. The highest BCUT2D eigenvalue weighted by atomic mass is 16.5. The molecule has 0 unspecified atom stereocenters. The Morgan fingerprint density at radius 1 is 1.07 bits per heavy atom. The molecule has 8 heteroatoms. The van der Waals surface area contributed by atoms with Gasteiger partial charge in [0.25, 0.3) is 5.91 Å². The van der Waals surface area contributed by atoms with Crippen LogP contribution < -0.4 is 10.1 Å². The van der Waals surface area contributed by atoms with Gasteiger partial charge in [0.2, 0.25) is 0 Å². The molecule has 0 spiro atoms. The van der Waals surface area contributed by atoms with E-state index in [1.807, 2.05) is 38.4 Å². The van der Waals surface area contributed by atoms with Crippen molar-refractivity contribution < 1.29 is 9.53 Å². The fourth-order valence-electron chi connectivity index (χ4n) is 3.08. The maximum atomic E-state index is 12.4. The normalized spacial score (nSPS) is 10.6. The zero-order valence-electron chi connectivity index (χ0n) is 16.8. The second kappa shape index (κ2) is 8.12. The average molecular weight is 400 g/mol. The van der Waals surface area contributed by atoms with Gasteiger partial charge < -0.3 is 10.1 Å². The van der Waals surface area contributed by atoms with Gasteiger partial charge in [-0.2, -0.15) is 5.10 Å². The minimum absolute atomic E-state index is 0.279. The minimum atomic E-state index is -0.279. The second-order valence-corrected chi connectivity index (χ2v) is 6.75. The molecule has 0 atom stereocenters. The first-order valence-electron chi connectivity index (χ1n) is 9.26. The Labute approximate surface area is 173 Å². The predicted molar refractivity (Wildman–Crippen MR) is 113 cm³/mol. The fourth-order valence-corrected chi connectivity index (χ4v) is 3.08. The van der Waals surface area contributed by atoms with Crippen molar-refractivity contribution in [3.05, 3.63) is 72.6 Å². The quantitative estimate of drug-likeness (QED) is 0.551. The first kappa shape index (κ1) is 19.3. The van der Waals surface area contributed by atoms with Crippen LogP contribution in [0.25, 0.3) is 22.4 Å². The van der Waals surface area contributed by atoms with Crippen LogP contribution in [0.2, 0.25) is 0 Å². The van der Waals surface area contributed by atoms with E-state index in [9.17, 15) is 4.79 Å². The number of aromatic nitrogens is 5. The molecule has 3 aromatic heterocycles. The van der Waals surface area contributed by atoms with Gasteiger partial charge in [-0.15, -0.1) is 0 Å². The van der Waals surface area contributed by atoms with E-state index in [2.05, 4.69) is 25.4 Å². The summed E-state index contributed by atoms with van der Waals surface area (Å²) in [6.07, 6.45) is 10.0. The molecule has 0 saturated carbocycles. The van der Waals surface area contributed by atoms with E-state index in [0.29, 0.717) is 22.8 Å². The Morgan fingerprint density at radius 2 is 1.93 bits per heavy atom. The number of rotatable bonds is 5. The molecule has 1 aromatic carbocycles. The van der Waals surface area contributed by atoms with Crippen LogP contribution in [-0.4, -0.2) is 37.7 Å². The number of methoxy groups -OCH3 is 1. The number of carbonyl (C=O) groups is 1. The number of amides is 1. The maximum Gasteiger partial charge on any atom is 0.258 e. The zero-order valence-corrected chi connectivity index (χ0v) is 16.8. The first-order chi connectivity index (χ1) is 14.5. The Balaban J connectivity index is 1.60. The predicted octanol–water partition coefficient (Wildman–Crippen LogP) is 3.51. The van der Waals surface area contributed by atoms with Crippen LogP contribution in [0.1, 0.15) is 15.9 Å². The standard InChI is InChI=1S/C22H20N6O2/c1-14-6-7-23-10-18(14)22(29)27-21-12-24-19(11-25-21)17-8-15(4-5-20(17)30-3)16-9-26-28(2)13-16/h4-13H,1-3H3,(H,25,27,29). The highest BCUT2D eigenvalue weighted by molar-refractivity contribution is 6.04. The summed E-state index contributed by atoms with van der Waals surface area (Å²) in [4.78, 5) is 25.3. The molecule has 4 rings (SSSR count). The molecule has 1 N–H and O–H groups in total. The van der Waals surface area contributed by atoms with Gasteiger partial charge in [-0.1, -0.05) is 6.07 Å². The summed E-state index contributed by atoms with van der Waals surface area (Å²) in [6.45, 7) is 1.85. The summed E-state index contributed by atoms with van der Waals surface area (Å²) >= 11 is 0. The molecule has 30 heavy (non-hydrogen) atoms. The number of nitrogens with one attached hydrogen (secondary N) is 1. The molecular formula is C22H20N6O2. The number of hydrogen-bond donors (Lipinski definition) is 1. The van der Waals surface area contributed by atoms with Crippen molar-refractivity contribution >= 4 is 11.7 Å². The number of hydrogen-bond acceptors (Lipinski definition) is 6. The van der Waals surface area contributed by atoms with Crippen LogP contribution >= 0.6 is 0 Å². The van der Waals surface area contributed by atoms with E-state index in [1.165, 1.54) is 12.4 Å². The van der Waals surface area contributed by atoms with Crippen molar-refractivity contribution in [2.24, 2.45) is 7.05 Å². The van der Waals surface area contributed by atoms with Crippen LogP contribution in [-0.2, 0) is 7.05 Å². The third-order valence-corrected chi connectivity index (χ3v) is 4.69. The lowest BCUT2D eigenvalue weighted by Gasteiger charge is -2.11. The van der Waals surface area contributed by atoms with Crippen molar-refractivity contribution in [3.63, 3.8) is 0 Å². The number of nitrogens with zero attached hydrogens (tertiary/aromatic N) is 5. The van der Waals surface area contributed by atoms with Gasteiger partial charge in [-0.05, 0) is 36.2 Å². The van der Waals surface area contributed by atoms with E-state index >= 15 is 0 Å². The Hall–Kier alpha value is -4.07. The van der Waals surface area contributed by atoms with Gasteiger partial charge in [-0.3, -0.25) is 19.4 Å². The summed E-state index contributed by atoms with van der Waals surface area (Å²) in [5.41, 5.74) is 4.74. The van der Waals surface area contributed by atoms with E-state index in [1.54, 1.807) is 36.4 Å². The molecule has 0 fully saturated rings. The number of carbonyl (C=O) groups excluding carboxylic acids is 1. The second-order valence-electron chi connectivity index (χ2n) is 6.75. The van der Waals surface area contributed by atoms with Gasteiger partial charge in [-0.25, -0.2) is 4.98 Å². The molecule has 0 radical (unpaired) electrons.